The van der Waals surface area contributed by atoms with Gasteiger partial charge in [0.1, 0.15) is 0 Å². The molecular formula is C25H24Cl2FN7O2. The molecule has 1 aromatic carbocycles. The Morgan fingerprint density at radius 3 is 2.65 bits per heavy atom. The summed E-state index contributed by atoms with van der Waals surface area (Å²) in [5.74, 6) is 0.852. The van der Waals surface area contributed by atoms with E-state index in [1.165, 1.54) is 6.07 Å². The standard InChI is InChI=1S/C25H24Cl2FN7O2/c1-14-12-20(33-32-14)31-22-19(28)7-6-16(30-22)13-25(24-29-15(2)37-34-24)8-10-35(11-9-25)23(36)17-4-3-5-18(26)21(17)27/h3-7,12H,8-11,13H2,1-2H3,(H2,30,31,32,33). The van der Waals surface area contributed by atoms with Crippen molar-refractivity contribution in [3.8, 4) is 0 Å². The second kappa shape index (κ2) is 10.1. The van der Waals surface area contributed by atoms with Gasteiger partial charge in [-0.25, -0.2) is 9.37 Å². The van der Waals surface area contributed by atoms with Gasteiger partial charge in [0.05, 0.1) is 15.6 Å². The average molecular weight is 544 g/mol. The van der Waals surface area contributed by atoms with Crippen LogP contribution in [0.15, 0.2) is 40.9 Å². The number of benzene rings is 1. The summed E-state index contributed by atoms with van der Waals surface area (Å²) in [6, 6.07) is 9.79. The van der Waals surface area contributed by atoms with Crippen LogP contribution in [-0.4, -0.2) is 49.2 Å². The number of carbonyl (C=O) groups is 1. The molecule has 1 aliphatic rings. The summed E-state index contributed by atoms with van der Waals surface area (Å²) in [5.41, 5.74) is 1.29. The van der Waals surface area contributed by atoms with Crippen LogP contribution in [0.3, 0.4) is 0 Å². The first-order valence-corrected chi connectivity index (χ1v) is 12.5. The van der Waals surface area contributed by atoms with Crippen LogP contribution in [0.25, 0.3) is 0 Å². The van der Waals surface area contributed by atoms with Gasteiger partial charge in [-0.1, -0.05) is 34.4 Å². The molecule has 5 rings (SSSR count). The molecule has 0 bridgehead atoms. The Balaban J connectivity index is 1.39. The SMILES string of the molecule is Cc1cc(Nc2nc(CC3(c4noc(C)n4)CCN(C(=O)c4cccc(Cl)c4Cl)CC3)ccc2F)n[nH]1. The van der Waals surface area contributed by atoms with Crippen LogP contribution in [-0.2, 0) is 11.8 Å². The van der Waals surface area contributed by atoms with Crippen molar-refractivity contribution in [1.82, 2.24) is 30.2 Å². The molecule has 192 valence electrons. The van der Waals surface area contributed by atoms with Crippen molar-refractivity contribution in [2.24, 2.45) is 0 Å². The predicted molar refractivity (Wildman–Crippen MR) is 137 cm³/mol. The molecule has 4 aromatic rings. The molecular weight excluding hydrogens is 520 g/mol. The lowest BCUT2D eigenvalue weighted by atomic mass is 9.74. The number of H-pyrrole nitrogens is 1. The number of aryl methyl sites for hydroxylation is 2. The van der Waals surface area contributed by atoms with Gasteiger partial charge >= 0.3 is 0 Å². The molecule has 1 saturated heterocycles. The number of piperidine rings is 1. The first-order chi connectivity index (χ1) is 17.7. The molecule has 37 heavy (non-hydrogen) atoms. The van der Waals surface area contributed by atoms with Crippen molar-refractivity contribution in [3.63, 3.8) is 0 Å². The maximum Gasteiger partial charge on any atom is 0.255 e. The number of carbonyl (C=O) groups excluding carboxylic acids is 1. The zero-order chi connectivity index (χ0) is 26.2. The third-order valence-corrected chi connectivity index (χ3v) is 7.39. The molecule has 0 atom stereocenters. The maximum absolute atomic E-state index is 14.6. The molecule has 2 N–H and O–H groups in total. The molecule has 0 unspecified atom stereocenters. The molecule has 0 radical (unpaired) electrons. The third kappa shape index (κ3) is 5.17. The Labute approximate surface area is 222 Å². The lowest BCUT2D eigenvalue weighted by Gasteiger charge is -2.40. The van der Waals surface area contributed by atoms with Crippen molar-refractivity contribution in [2.75, 3.05) is 18.4 Å². The molecule has 0 saturated carbocycles. The van der Waals surface area contributed by atoms with Gasteiger partial charge in [-0.15, -0.1) is 0 Å². The highest BCUT2D eigenvalue weighted by Crippen LogP contribution is 2.38. The first kappa shape index (κ1) is 25.2. The van der Waals surface area contributed by atoms with Crippen molar-refractivity contribution >= 4 is 40.7 Å². The fraction of sp³-hybridized carbons (Fsp3) is 0.320. The molecule has 0 spiro atoms. The minimum absolute atomic E-state index is 0.0756. The van der Waals surface area contributed by atoms with E-state index in [0.29, 0.717) is 66.2 Å². The van der Waals surface area contributed by atoms with E-state index in [1.54, 1.807) is 42.2 Å². The van der Waals surface area contributed by atoms with Gasteiger partial charge in [0.25, 0.3) is 5.91 Å². The second-order valence-corrected chi connectivity index (χ2v) is 9.97. The molecule has 0 aliphatic carbocycles. The minimum atomic E-state index is -0.558. The zero-order valence-electron chi connectivity index (χ0n) is 20.2. The number of nitrogens with one attached hydrogen (secondary N) is 2. The Morgan fingerprint density at radius 2 is 1.97 bits per heavy atom. The Morgan fingerprint density at radius 1 is 1.19 bits per heavy atom. The van der Waals surface area contributed by atoms with Gasteiger partial charge in [0.2, 0.25) is 5.89 Å². The molecule has 1 amide bonds. The number of aromatic nitrogens is 5. The van der Waals surface area contributed by atoms with Gasteiger partial charge in [-0.2, -0.15) is 10.1 Å². The highest BCUT2D eigenvalue weighted by molar-refractivity contribution is 6.43. The monoisotopic (exact) mass is 543 g/mol. The average Bonchev–Trinajstić information content (AvgIpc) is 3.51. The number of nitrogens with zero attached hydrogens (tertiary/aromatic N) is 5. The number of anilines is 2. The highest BCUT2D eigenvalue weighted by atomic mass is 35.5. The van der Waals surface area contributed by atoms with E-state index in [9.17, 15) is 9.18 Å². The molecule has 3 aromatic heterocycles. The van der Waals surface area contributed by atoms with Crippen LogP contribution in [0.1, 0.15) is 46.3 Å². The summed E-state index contributed by atoms with van der Waals surface area (Å²) >= 11 is 12.4. The molecule has 12 heteroatoms. The minimum Gasteiger partial charge on any atom is -0.340 e. The van der Waals surface area contributed by atoms with E-state index < -0.39 is 11.2 Å². The van der Waals surface area contributed by atoms with E-state index >= 15 is 0 Å². The lowest BCUT2D eigenvalue weighted by molar-refractivity contribution is 0.0657. The van der Waals surface area contributed by atoms with Crippen LogP contribution in [0.2, 0.25) is 10.0 Å². The number of hydrogen-bond donors (Lipinski definition) is 2. The number of hydrogen-bond acceptors (Lipinski definition) is 7. The summed E-state index contributed by atoms with van der Waals surface area (Å²) in [6.07, 6.45) is 1.53. The van der Waals surface area contributed by atoms with Crippen molar-refractivity contribution in [3.05, 3.63) is 80.9 Å². The van der Waals surface area contributed by atoms with Gasteiger partial charge in [-0.3, -0.25) is 9.89 Å². The molecule has 4 heterocycles. The Kier molecular flexibility index (Phi) is 6.87. The van der Waals surface area contributed by atoms with E-state index in [0.717, 1.165) is 5.69 Å². The highest BCUT2D eigenvalue weighted by Gasteiger charge is 2.42. The fourth-order valence-electron chi connectivity index (χ4n) is 4.59. The fourth-order valence-corrected chi connectivity index (χ4v) is 4.97. The summed E-state index contributed by atoms with van der Waals surface area (Å²) in [7, 11) is 0. The number of pyridine rings is 1. The summed E-state index contributed by atoms with van der Waals surface area (Å²) < 4.78 is 19.9. The van der Waals surface area contributed by atoms with E-state index in [-0.39, 0.29) is 16.7 Å². The number of amides is 1. The van der Waals surface area contributed by atoms with Crippen LogP contribution in [0.4, 0.5) is 16.0 Å². The number of likely N-dealkylation sites (tertiary alicyclic amines) is 1. The van der Waals surface area contributed by atoms with E-state index in [4.69, 9.17) is 27.7 Å². The van der Waals surface area contributed by atoms with E-state index in [2.05, 4.69) is 30.6 Å². The molecule has 1 fully saturated rings. The third-order valence-electron chi connectivity index (χ3n) is 6.57. The van der Waals surface area contributed by atoms with Gasteiger partial charge in [-0.05, 0) is 44.0 Å². The van der Waals surface area contributed by atoms with E-state index in [1.807, 2.05) is 6.92 Å². The van der Waals surface area contributed by atoms with Crippen LogP contribution in [0.5, 0.6) is 0 Å². The Bertz CT molecular complexity index is 1450. The second-order valence-electron chi connectivity index (χ2n) is 9.18. The maximum atomic E-state index is 14.6. The van der Waals surface area contributed by atoms with Gasteiger partial charge < -0.3 is 14.7 Å². The smallest absolute Gasteiger partial charge is 0.255 e. The number of aromatic amines is 1. The van der Waals surface area contributed by atoms with Crippen molar-refractivity contribution in [1.29, 1.82) is 0 Å². The van der Waals surface area contributed by atoms with Crippen LogP contribution >= 0.6 is 23.2 Å². The number of rotatable bonds is 6. The lowest BCUT2D eigenvalue weighted by Crippen LogP contribution is -2.47. The zero-order valence-corrected chi connectivity index (χ0v) is 21.7. The van der Waals surface area contributed by atoms with Crippen molar-refractivity contribution in [2.45, 2.75) is 38.5 Å². The number of halogens is 3. The topological polar surface area (TPSA) is 113 Å². The van der Waals surface area contributed by atoms with Crippen LogP contribution in [0, 0.1) is 19.7 Å². The van der Waals surface area contributed by atoms with Crippen LogP contribution < -0.4 is 5.32 Å². The molecule has 1 aliphatic heterocycles. The summed E-state index contributed by atoms with van der Waals surface area (Å²) in [4.78, 5) is 24.0. The first-order valence-electron chi connectivity index (χ1n) is 11.7. The van der Waals surface area contributed by atoms with Crippen molar-refractivity contribution < 1.29 is 13.7 Å². The predicted octanol–water partition coefficient (Wildman–Crippen LogP) is 5.41. The largest absolute Gasteiger partial charge is 0.340 e. The van der Waals surface area contributed by atoms with Gasteiger partial charge in [0.15, 0.2) is 23.3 Å². The normalized spacial score (nSPS) is 15.1. The summed E-state index contributed by atoms with van der Waals surface area (Å²) in [5, 5.41) is 14.6. The molecule has 9 nitrogen and oxygen atoms in total. The summed E-state index contributed by atoms with van der Waals surface area (Å²) in [6.45, 7) is 4.46. The van der Waals surface area contributed by atoms with Gasteiger partial charge in [0, 0.05) is 49.3 Å². The quantitative estimate of drug-likeness (QED) is 0.334. The Hall–Kier alpha value is -3.50.